The van der Waals surface area contributed by atoms with Gasteiger partial charge in [0.1, 0.15) is 12.3 Å². The van der Waals surface area contributed by atoms with Gasteiger partial charge in [-0.2, -0.15) is 0 Å². The summed E-state index contributed by atoms with van der Waals surface area (Å²) in [5, 5.41) is 5.88. The van der Waals surface area contributed by atoms with E-state index in [2.05, 4.69) is 15.6 Å². The van der Waals surface area contributed by atoms with E-state index in [1.807, 2.05) is 39.8 Å². The van der Waals surface area contributed by atoms with Crippen molar-refractivity contribution in [1.29, 1.82) is 0 Å². The Bertz CT molecular complexity index is 982. The highest BCUT2D eigenvalue weighted by molar-refractivity contribution is 5.94. The minimum atomic E-state index is -0.859. The molecular formula is C26H39N6O4+. The summed E-state index contributed by atoms with van der Waals surface area (Å²) in [6.07, 6.45) is 7.65. The predicted molar refractivity (Wildman–Crippen MR) is 136 cm³/mol. The zero-order valence-electron chi connectivity index (χ0n) is 21.2. The lowest BCUT2D eigenvalue weighted by Gasteiger charge is -2.30. The zero-order chi connectivity index (χ0) is 26.0. The van der Waals surface area contributed by atoms with Crippen molar-refractivity contribution in [2.24, 2.45) is 5.73 Å². The van der Waals surface area contributed by atoms with Crippen molar-refractivity contribution in [1.82, 2.24) is 15.2 Å². The number of H-pyrrole nitrogens is 1. The van der Waals surface area contributed by atoms with Crippen molar-refractivity contribution < 1.29 is 23.7 Å². The van der Waals surface area contributed by atoms with Gasteiger partial charge in [-0.25, -0.2) is 9.55 Å². The van der Waals surface area contributed by atoms with Gasteiger partial charge in [0.2, 0.25) is 24.0 Å². The van der Waals surface area contributed by atoms with E-state index < -0.39 is 17.6 Å². The number of hydrogen-bond acceptors (Lipinski definition) is 6. The maximum absolute atomic E-state index is 13.1. The first-order chi connectivity index (χ1) is 17.3. The monoisotopic (exact) mass is 499 g/mol. The molecule has 1 fully saturated rings. The van der Waals surface area contributed by atoms with E-state index in [-0.39, 0.29) is 18.4 Å². The number of carbonyl (C=O) groups excluding carboxylic acids is 3. The van der Waals surface area contributed by atoms with E-state index in [4.69, 9.17) is 10.5 Å². The van der Waals surface area contributed by atoms with Crippen molar-refractivity contribution in [3.8, 4) is 0 Å². The van der Waals surface area contributed by atoms with Crippen LogP contribution >= 0.6 is 0 Å². The highest BCUT2D eigenvalue weighted by Crippen LogP contribution is 2.10. The smallest absolute Gasteiger partial charge is 0.246 e. The van der Waals surface area contributed by atoms with Crippen LogP contribution in [0.2, 0.25) is 0 Å². The average molecular weight is 500 g/mol. The van der Waals surface area contributed by atoms with Gasteiger partial charge in [-0.05, 0) is 38.7 Å². The number of amides is 2. The molecule has 2 heterocycles. The average Bonchev–Trinajstić information content (AvgIpc) is 3.53. The number of aryl methyl sites for hydroxylation is 1. The molecule has 2 unspecified atom stereocenters. The normalized spacial score (nSPS) is 15.5. The summed E-state index contributed by atoms with van der Waals surface area (Å²) in [6, 6.07) is 8.10. The lowest BCUT2D eigenvalue weighted by atomic mass is 9.96. The number of benzene rings is 1. The molecule has 1 saturated heterocycles. The third-order valence-electron chi connectivity index (χ3n) is 6.24. The summed E-state index contributed by atoms with van der Waals surface area (Å²) in [7, 11) is 0. The predicted octanol–water partition coefficient (Wildman–Crippen LogP) is 1.12. The lowest BCUT2D eigenvalue weighted by molar-refractivity contribution is -0.695. The summed E-state index contributed by atoms with van der Waals surface area (Å²) in [4.78, 5) is 41.9. The summed E-state index contributed by atoms with van der Waals surface area (Å²) in [6.45, 7) is 6.22. The van der Waals surface area contributed by atoms with Crippen LogP contribution in [-0.2, 0) is 32.3 Å². The number of nitrogens with one attached hydrogen (secondary N) is 3. The van der Waals surface area contributed by atoms with Crippen LogP contribution in [0.5, 0.6) is 0 Å². The Morgan fingerprint density at radius 3 is 2.64 bits per heavy atom. The number of aldehydes is 1. The Labute approximate surface area is 212 Å². The number of hydrogen-bond donors (Lipinski definition) is 4. The molecule has 2 aromatic rings. The van der Waals surface area contributed by atoms with Crippen LogP contribution in [0.25, 0.3) is 0 Å². The number of rotatable bonds is 14. The van der Waals surface area contributed by atoms with Gasteiger partial charge in [0.25, 0.3) is 0 Å². The van der Waals surface area contributed by atoms with E-state index in [9.17, 15) is 14.4 Å². The molecule has 0 bridgehead atoms. The number of aromatic amines is 1. The Morgan fingerprint density at radius 2 is 1.97 bits per heavy atom. The Kier molecular flexibility index (Phi) is 10.2. The SMILES string of the molecule is CC(C)(N)C(C=O)NC(COCc1ccccc1)C(=O)Nc1c[n+](CCCC(=O)N2CCCC2)c[nH]1. The number of carbonyl (C=O) groups is 3. The Morgan fingerprint density at radius 1 is 1.25 bits per heavy atom. The summed E-state index contributed by atoms with van der Waals surface area (Å²) in [5.41, 5.74) is 6.24. The van der Waals surface area contributed by atoms with E-state index in [1.165, 1.54) is 0 Å². The first kappa shape index (κ1) is 27.5. The second kappa shape index (κ2) is 13.3. The minimum Gasteiger partial charge on any atom is -0.375 e. The van der Waals surface area contributed by atoms with E-state index in [0.717, 1.165) is 37.9 Å². The van der Waals surface area contributed by atoms with Crippen LogP contribution in [0.3, 0.4) is 0 Å². The first-order valence-corrected chi connectivity index (χ1v) is 12.5. The van der Waals surface area contributed by atoms with Crippen molar-refractivity contribution in [2.45, 2.75) is 70.3 Å². The van der Waals surface area contributed by atoms with Gasteiger partial charge in [0.05, 0.1) is 25.8 Å². The van der Waals surface area contributed by atoms with Crippen molar-refractivity contribution in [3.63, 3.8) is 0 Å². The van der Waals surface area contributed by atoms with E-state index in [0.29, 0.717) is 31.7 Å². The van der Waals surface area contributed by atoms with Crippen molar-refractivity contribution >= 4 is 23.9 Å². The zero-order valence-corrected chi connectivity index (χ0v) is 21.2. The molecule has 10 nitrogen and oxygen atoms in total. The van der Waals surface area contributed by atoms with Crippen LogP contribution < -0.4 is 20.9 Å². The largest absolute Gasteiger partial charge is 0.375 e. The second-order valence-electron chi connectivity index (χ2n) is 9.89. The molecule has 2 atom stereocenters. The molecule has 1 aromatic heterocycles. The molecule has 36 heavy (non-hydrogen) atoms. The number of nitrogens with zero attached hydrogens (tertiary/aromatic N) is 2. The van der Waals surface area contributed by atoms with Gasteiger partial charge in [-0.15, -0.1) is 0 Å². The number of aromatic nitrogens is 2. The Hall–Kier alpha value is -3.08. The molecule has 0 saturated carbocycles. The number of anilines is 1. The quantitative estimate of drug-likeness (QED) is 0.227. The van der Waals surface area contributed by atoms with Crippen molar-refractivity contribution in [3.05, 3.63) is 48.4 Å². The van der Waals surface area contributed by atoms with Crippen molar-refractivity contribution in [2.75, 3.05) is 25.0 Å². The molecule has 1 aliphatic heterocycles. The molecule has 5 N–H and O–H groups in total. The third-order valence-corrected chi connectivity index (χ3v) is 6.24. The fourth-order valence-corrected chi connectivity index (χ4v) is 4.06. The first-order valence-electron chi connectivity index (χ1n) is 12.5. The number of nitrogens with two attached hydrogens (primary N) is 1. The van der Waals surface area contributed by atoms with Crippen LogP contribution in [0, 0.1) is 0 Å². The molecule has 0 radical (unpaired) electrons. The maximum Gasteiger partial charge on any atom is 0.246 e. The topological polar surface area (TPSA) is 133 Å². The molecule has 1 aromatic carbocycles. The summed E-state index contributed by atoms with van der Waals surface area (Å²) < 4.78 is 7.69. The highest BCUT2D eigenvalue weighted by atomic mass is 16.5. The van der Waals surface area contributed by atoms with Gasteiger partial charge < -0.3 is 20.2 Å². The fourth-order valence-electron chi connectivity index (χ4n) is 4.06. The molecule has 10 heteroatoms. The number of likely N-dealkylation sites (tertiary alicyclic amines) is 1. The number of ether oxygens (including phenoxy) is 1. The van der Waals surface area contributed by atoms with Gasteiger partial charge in [-0.1, -0.05) is 30.3 Å². The molecule has 196 valence electrons. The maximum atomic E-state index is 13.1. The molecule has 3 rings (SSSR count). The molecule has 2 amide bonds. The van der Waals surface area contributed by atoms with Gasteiger partial charge in [-0.3, -0.25) is 20.2 Å². The molecular weight excluding hydrogens is 460 g/mol. The molecule has 0 spiro atoms. The number of imidazole rings is 1. The standard InChI is InChI=1S/C26H38N6O4/c1-26(2,27)22(16-33)29-21(18-36-17-20-9-4-3-5-10-20)25(35)30-23-15-31(19-28-23)12-8-11-24(34)32-13-6-7-14-32/h3-5,9-10,15-16,19,21-22,29H,6-8,11-14,17-18,27H2,1-2H3,(H,30,35)/p+1. The second-order valence-corrected chi connectivity index (χ2v) is 9.89. The van der Waals surface area contributed by atoms with Crippen LogP contribution in [0.15, 0.2) is 42.9 Å². The fraction of sp³-hybridized carbons (Fsp3) is 0.538. The minimum absolute atomic E-state index is 0.0560. The van der Waals surface area contributed by atoms with Crippen LogP contribution in [0.1, 0.15) is 45.1 Å². The highest BCUT2D eigenvalue weighted by Gasteiger charge is 2.31. The summed E-state index contributed by atoms with van der Waals surface area (Å²) >= 11 is 0. The van der Waals surface area contributed by atoms with Crippen LogP contribution in [0.4, 0.5) is 5.82 Å². The van der Waals surface area contributed by atoms with Gasteiger partial charge in [0.15, 0.2) is 6.20 Å². The third kappa shape index (κ3) is 8.54. The van der Waals surface area contributed by atoms with E-state index in [1.54, 1.807) is 26.4 Å². The van der Waals surface area contributed by atoms with Gasteiger partial charge >= 0.3 is 0 Å². The molecule has 0 aliphatic carbocycles. The molecule has 1 aliphatic rings. The summed E-state index contributed by atoms with van der Waals surface area (Å²) in [5.74, 6) is 0.363. The lowest BCUT2D eigenvalue weighted by Crippen LogP contribution is -2.60. The Balaban J connectivity index is 1.54. The van der Waals surface area contributed by atoms with E-state index >= 15 is 0 Å². The van der Waals surface area contributed by atoms with Crippen LogP contribution in [-0.4, -0.2) is 65.3 Å². The van der Waals surface area contributed by atoms with Gasteiger partial charge in [0, 0.05) is 25.0 Å².